The summed E-state index contributed by atoms with van der Waals surface area (Å²) >= 11 is 0. The van der Waals surface area contributed by atoms with Gasteiger partial charge in [0, 0.05) is 26.2 Å². The Labute approximate surface area is 139 Å². The quantitative estimate of drug-likeness (QED) is 0.736. The second-order valence-corrected chi connectivity index (χ2v) is 5.98. The predicted molar refractivity (Wildman–Crippen MR) is 90.6 cm³/mol. The van der Waals surface area contributed by atoms with Crippen LogP contribution in [0.1, 0.15) is 25.3 Å². The molecule has 0 radical (unpaired) electrons. The molecule has 0 saturated carbocycles. The Morgan fingerprint density at radius 2 is 2.04 bits per heavy atom. The van der Waals surface area contributed by atoms with Crippen LogP contribution >= 0.6 is 0 Å². The molecule has 0 aromatic heterocycles. The van der Waals surface area contributed by atoms with Crippen LogP contribution < -0.4 is 4.74 Å². The monoisotopic (exact) mass is 320 g/mol. The molecule has 1 heterocycles. The fourth-order valence-corrected chi connectivity index (χ4v) is 3.19. The van der Waals surface area contributed by atoms with Crippen LogP contribution in [-0.4, -0.2) is 62.2 Å². The maximum absolute atomic E-state index is 12.4. The zero-order valence-electron chi connectivity index (χ0n) is 14.5. The van der Waals surface area contributed by atoms with E-state index in [1.165, 1.54) is 6.42 Å². The average Bonchev–Trinajstić information content (AvgIpc) is 3.02. The highest BCUT2D eigenvalue weighted by Crippen LogP contribution is 2.19. The third kappa shape index (κ3) is 4.94. The first-order valence-corrected chi connectivity index (χ1v) is 8.31. The van der Waals surface area contributed by atoms with Crippen LogP contribution in [0.4, 0.5) is 0 Å². The van der Waals surface area contributed by atoms with Gasteiger partial charge in [-0.05, 0) is 43.6 Å². The minimum absolute atomic E-state index is 0.0475. The summed E-state index contributed by atoms with van der Waals surface area (Å²) in [6, 6.07) is 8.35. The lowest BCUT2D eigenvalue weighted by molar-refractivity contribution is -0.136. The van der Waals surface area contributed by atoms with Crippen molar-refractivity contribution < 1.29 is 14.3 Å². The van der Waals surface area contributed by atoms with Crippen molar-refractivity contribution in [2.75, 3.05) is 40.5 Å². The summed E-state index contributed by atoms with van der Waals surface area (Å²) in [6.07, 6.45) is 2.38. The van der Waals surface area contributed by atoms with E-state index < -0.39 is 0 Å². The number of methoxy groups -OCH3 is 2. The number of hydrogen-bond donors (Lipinski definition) is 0. The Hall–Kier alpha value is -1.59. The largest absolute Gasteiger partial charge is 0.497 e. The lowest BCUT2D eigenvalue weighted by Gasteiger charge is -2.30. The second kappa shape index (κ2) is 8.89. The molecule has 0 spiro atoms. The van der Waals surface area contributed by atoms with E-state index in [1.807, 2.05) is 29.2 Å². The smallest absolute Gasteiger partial charge is 0.248 e. The number of nitrogens with zero attached hydrogens (tertiary/aromatic N) is 2. The van der Waals surface area contributed by atoms with E-state index in [1.54, 1.807) is 14.2 Å². The van der Waals surface area contributed by atoms with Gasteiger partial charge in [-0.25, -0.2) is 0 Å². The Bertz CT molecular complexity index is 490. The Morgan fingerprint density at radius 1 is 1.30 bits per heavy atom. The van der Waals surface area contributed by atoms with E-state index in [9.17, 15) is 4.79 Å². The van der Waals surface area contributed by atoms with E-state index in [2.05, 4.69) is 11.8 Å². The number of rotatable bonds is 8. The van der Waals surface area contributed by atoms with Crippen molar-refractivity contribution >= 4 is 5.91 Å². The normalized spacial score (nSPS) is 18.1. The molecule has 1 aliphatic heterocycles. The molecule has 1 amide bonds. The van der Waals surface area contributed by atoms with Crippen LogP contribution in [0.15, 0.2) is 24.3 Å². The van der Waals surface area contributed by atoms with Gasteiger partial charge in [0.2, 0.25) is 5.91 Å². The number of benzene rings is 1. The number of ether oxygens (including phenoxy) is 2. The van der Waals surface area contributed by atoms with Gasteiger partial charge in [-0.15, -0.1) is 0 Å². The fourth-order valence-electron chi connectivity index (χ4n) is 3.19. The summed E-state index contributed by atoms with van der Waals surface area (Å²) in [6.45, 7) is 5.87. The first-order valence-electron chi connectivity index (χ1n) is 8.31. The Morgan fingerprint density at radius 3 is 2.65 bits per heavy atom. The van der Waals surface area contributed by atoms with Gasteiger partial charge in [0.25, 0.3) is 0 Å². The van der Waals surface area contributed by atoms with Crippen LogP contribution in [0.25, 0.3) is 0 Å². The number of hydrogen-bond acceptors (Lipinski definition) is 4. The van der Waals surface area contributed by atoms with Gasteiger partial charge in [0.1, 0.15) is 12.4 Å². The van der Waals surface area contributed by atoms with Crippen LogP contribution in [0, 0.1) is 0 Å². The van der Waals surface area contributed by atoms with Crippen molar-refractivity contribution in [2.24, 2.45) is 0 Å². The molecule has 2 rings (SSSR count). The minimum atomic E-state index is 0.0475. The zero-order chi connectivity index (χ0) is 16.7. The van der Waals surface area contributed by atoms with Crippen LogP contribution in [0.5, 0.6) is 5.75 Å². The highest BCUT2D eigenvalue weighted by molar-refractivity contribution is 5.77. The van der Waals surface area contributed by atoms with E-state index in [-0.39, 0.29) is 12.5 Å². The molecular weight excluding hydrogens is 292 g/mol. The van der Waals surface area contributed by atoms with Crippen molar-refractivity contribution in [1.29, 1.82) is 0 Å². The lowest BCUT2D eigenvalue weighted by Crippen LogP contribution is -2.43. The van der Waals surface area contributed by atoms with Crippen molar-refractivity contribution in [3.8, 4) is 5.75 Å². The number of likely N-dealkylation sites (N-methyl/N-ethyl adjacent to an activating group) is 1. The first kappa shape index (κ1) is 17.8. The van der Waals surface area contributed by atoms with Gasteiger partial charge < -0.3 is 14.4 Å². The van der Waals surface area contributed by atoms with Crippen LogP contribution in [-0.2, 0) is 16.1 Å². The highest BCUT2D eigenvalue weighted by Gasteiger charge is 2.27. The molecule has 1 aromatic rings. The van der Waals surface area contributed by atoms with Gasteiger partial charge >= 0.3 is 0 Å². The Kier molecular flexibility index (Phi) is 6.86. The molecule has 0 N–H and O–H groups in total. The molecule has 23 heavy (non-hydrogen) atoms. The summed E-state index contributed by atoms with van der Waals surface area (Å²) in [4.78, 5) is 16.8. The van der Waals surface area contributed by atoms with Gasteiger partial charge in [-0.1, -0.05) is 19.1 Å². The maximum Gasteiger partial charge on any atom is 0.248 e. The third-order valence-corrected chi connectivity index (χ3v) is 4.49. The van der Waals surface area contributed by atoms with Crippen molar-refractivity contribution in [3.63, 3.8) is 0 Å². The molecule has 1 unspecified atom stereocenters. The third-order valence-electron chi connectivity index (χ3n) is 4.49. The molecule has 128 valence electrons. The van der Waals surface area contributed by atoms with Gasteiger partial charge in [0.15, 0.2) is 0 Å². The van der Waals surface area contributed by atoms with Gasteiger partial charge in [-0.3, -0.25) is 9.69 Å². The van der Waals surface area contributed by atoms with E-state index >= 15 is 0 Å². The van der Waals surface area contributed by atoms with Crippen LogP contribution in [0.3, 0.4) is 0 Å². The lowest BCUT2D eigenvalue weighted by atomic mass is 10.1. The molecule has 5 heteroatoms. The summed E-state index contributed by atoms with van der Waals surface area (Å²) in [5.74, 6) is 0.878. The van der Waals surface area contributed by atoms with E-state index in [0.29, 0.717) is 12.6 Å². The van der Waals surface area contributed by atoms with Gasteiger partial charge in [-0.2, -0.15) is 0 Å². The van der Waals surface area contributed by atoms with Gasteiger partial charge in [0.05, 0.1) is 7.11 Å². The molecule has 1 saturated heterocycles. The zero-order valence-corrected chi connectivity index (χ0v) is 14.5. The number of carbonyl (C=O) groups excluding carboxylic acids is 1. The molecule has 1 aromatic carbocycles. The molecule has 5 nitrogen and oxygen atoms in total. The molecular formula is C18H28N2O3. The fraction of sp³-hybridized carbons (Fsp3) is 0.611. The molecule has 0 aliphatic carbocycles. The minimum Gasteiger partial charge on any atom is -0.497 e. The average molecular weight is 320 g/mol. The standard InChI is InChI=1S/C18H28N2O3/c1-4-19-11-5-6-16(19)13-20(18(21)14-22-2)12-15-7-9-17(23-3)10-8-15/h7-10,16H,4-6,11-14H2,1-3H3. The summed E-state index contributed by atoms with van der Waals surface area (Å²) in [5, 5.41) is 0. The predicted octanol–water partition coefficient (Wildman–Crippen LogP) is 2.15. The number of amides is 1. The van der Waals surface area contributed by atoms with Crippen LogP contribution in [0.2, 0.25) is 0 Å². The Balaban J connectivity index is 2.05. The second-order valence-electron chi connectivity index (χ2n) is 5.98. The van der Waals surface area contributed by atoms with E-state index in [4.69, 9.17) is 9.47 Å². The summed E-state index contributed by atoms with van der Waals surface area (Å²) in [7, 11) is 3.22. The van der Waals surface area contributed by atoms with Crippen molar-refractivity contribution in [1.82, 2.24) is 9.80 Å². The molecule has 1 aliphatic rings. The van der Waals surface area contributed by atoms with E-state index in [0.717, 1.165) is 37.4 Å². The molecule has 1 atom stereocenters. The molecule has 0 bridgehead atoms. The van der Waals surface area contributed by atoms with Crippen molar-refractivity contribution in [3.05, 3.63) is 29.8 Å². The topological polar surface area (TPSA) is 42.0 Å². The number of likely N-dealkylation sites (tertiary alicyclic amines) is 1. The summed E-state index contributed by atoms with van der Waals surface area (Å²) < 4.78 is 10.2. The highest BCUT2D eigenvalue weighted by atomic mass is 16.5. The van der Waals surface area contributed by atoms with Crippen molar-refractivity contribution in [2.45, 2.75) is 32.4 Å². The molecule has 1 fully saturated rings. The SMILES string of the molecule is CCN1CCCC1CN(Cc1ccc(OC)cc1)C(=O)COC. The maximum atomic E-state index is 12.4. The number of carbonyl (C=O) groups is 1. The first-order chi connectivity index (χ1) is 11.2. The summed E-state index contributed by atoms with van der Waals surface area (Å²) in [5.41, 5.74) is 1.11.